The van der Waals surface area contributed by atoms with Crippen LogP contribution >= 0.6 is 0 Å². The minimum absolute atomic E-state index is 0.113. The monoisotopic (exact) mass is 640 g/mol. The van der Waals surface area contributed by atoms with Crippen molar-refractivity contribution in [2.75, 3.05) is 19.8 Å². The van der Waals surface area contributed by atoms with Crippen LogP contribution in [-0.2, 0) is 44.8 Å². The van der Waals surface area contributed by atoms with Crippen LogP contribution in [0.3, 0.4) is 0 Å². The number of hydrogen-bond donors (Lipinski definition) is 12. The molecule has 0 saturated carbocycles. The van der Waals surface area contributed by atoms with Gasteiger partial charge in [-0.3, -0.25) is 33.6 Å². The molecule has 248 valence electrons. The third-order valence-corrected chi connectivity index (χ3v) is 5.90. The van der Waals surface area contributed by atoms with Crippen molar-refractivity contribution in [1.82, 2.24) is 26.6 Å². The van der Waals surface area contributed by atoms with Gasteiger partial charge in [-0.15, -0.1) is 0 Å². The Hall–Kier alpha value is -5.34. The number of aromatic hydroxyl groups is 1. The Morgan fingerprint density at radius 3 is 1.47 bits per heavy atom. The molecule has 0 aromatic heterocycles. The number of aliphatic carboxylic acids is 1. The summed E-state index contributed by atoms with van der Waals surface area (Å²) < 4.78 is 0. The number of rotatable bonds is 19. The normalized spacial score (nSPS) is 13.9. The van der Waals surface area contributed by atoms with Crippen molar-refractivity contribution in [3.8, 4) is 5.75 Å². The summed E-state index contributed by atoms with van der Waals surface area (Å²) in [7, 11) is 0. The Balaban J connectivity index is 3.18. The average Bonchev–Trinajstić information content (AvgIpc) is 2.97. The number of phenolic OH excluding ortho intramolecular Hbond substituents is 1. The maximum absolute atomic E-state index is 13.0. The number of amides is 7. The number of carbonyl (C=O) groups excluding carboxylic acids is 7. The molecule has 20 nitrogen and oxygen atoms in total. The van der Waals surface area contributed by atoms with Crippen LogP contribution in [0.25, 0.3) is 0 Å². The maximum atomic E-state index is 13.0. The maximum Gasteiger partial charge on any atom is 0.328 e. The molecule has 0 bridgehead atoms. The van der Waals surface area contributed by atoms with Crippen molar-refractivity contribution in [3.05, 3.63) is 29.8 Å². The highest BCUT2D eigenvalue weighted by atomic mass is 16.4. The molecule has 45 heavy (non-hydrogen) atoms. The summed E-state index contributed by atoms with van der Waals surface area (Å²) in [4.78, 5) is 97.6. The second-order valence-corrected chi connectivity index (χ2v) is 9.48. The number of carbonyl (C=O) groups is 8. The summed E-state index contributed by atoms with van der Waals surface area (Å²) in [5.41, 5.74) is 15.8. The van der Waals surface area contributed by atoms with Gasteiger partial charge in [0.15, 0.2) is 0 Å². The highest BCUT2D eigenvalue weighted by molar-refractivity contribution is 5.98. The predicted molar refractivity (Wildman–Crippen MR) is 150 cm³/mol. The van der Waals surface area contributed by atoms with Gasteiger partial charge in [0.05, 0.1) is 32.6 Å². The van der Waals surface area contributed by atoms with E-state index in [9.17, 15) is 53.7 Å². The van der Waals surface area contributed by atoms with E-state index in [1.165, 1.54) is 24.3 Å². The molecule has 20 heteroatoms. The fourth-order valence-corrected chi connectivity index (χ4v) is 3.62. The van der Waals surface area contributed by atoms with Gasteiger partial charge in [0.2, 0.25) is 41.4 Å². The van der Waals surface area contributed by atoms with E-state index in [1.807, 2.05) is 5.32 Å². The number of carboxylic acids is 1. The van der Waals surface area contributed by atoms with E-state index in [0.29, 0.717) is 5.56 Å². The van der Waals surface area contributed by atoms with Gasteiger partial charge in [0, 0.05) is 6.42 Å². The molecular formula is C25H36N8O12. The minimum atomic E-state index is -1.81. The first-order valence-electron chi connectivity index (χ1n) is 13.1. The number of primary amides is 2. The van der Waals surface area contributed by atoms with Crippen LogP contribution in [0.2, 0.25) is 0 Å². The second-order valence-electron chi connectivity index (χ2n) is 9.48. The number of nitrogens with two attached hydrogens (primary N) is 3. The van der Waals surface area contributed by atoms with E-state index in [2.05, 4.69) is 21.3 Å². The number of benzene rings is 1. The molecule has 0 aliphatic carbocycles. The Morgan fingerprint density at radius 1 is 0.622 bits per heavy atom. The van der Waals surface area contributed by atoms with Crippen LogP contribution in [0.15, 0.2) is 24.3 Å². The molecule has 5 atom stereocenters. The number of aliphatic hydroxyl groups is 2. The van der Waals surface area contributed by atoms with Crippen molar-refractivity contribution in [2.45, 2.75) is 49.5 Å². The largest absolute Gasteiger partial charge is 0.508 e. The highest BCUT2D eigenvalue weighted by Gasteiger charge is 2.33. The smallest absolute Gasteiger partial charge is 0.328 e. The van der Waals surface area contributed by atoms with Gasteiger partial charge in [-0.1, -0.05) is 12.1 Å². The van der Waals surface area contributed by atoms with E-state index in [0.717, 1.165) is 0 Å². The van der Waals surface area contributed by atoms with E-state index < -0.39 is 110 Å². The van der Waals surface area contributed by atoms with Crippen molar-refractivity contribution in [2.24, 2.45) is 17.2 Å². The first-order valence-corrected chi connectivity index (χ1v) is 13.1. The molecule has 0 unspecified atom stereocenters. The molecule has 15 N–H and O–H groups in total. The van der Waals surface area contributed by atoms with Crippen LogP contribution in [0, 0.1) is 0 Å². The summed E-state index contributed by atoms with van der Waals surface area (Å²) in [5.74, 6) is -9.28. The third kappa shape index (κ3) is 13.2. The highest BCUT2D eigenvalue weighted by Crippen LogP contribution is 2.12. The van der Waals surface area contributed by atoms with Gasteiger partial charge in [-0.2, -0.15) is 0 Å². The zero-order chi connectivity index (χ0) is 34.3. The topological polar surface area (TPSA) is 356 Å². The SMILES string of the molecule is NCC(=O)N[C@@H](CC(N)=O)C(=O)N[C@@H](CC(N)=O)C(=O)N[C@@H](CO)C(=O)N[C@@H](Cc1ccc(O)cc1)C(=O)N[C@@H](CO)C(=O)O. The number of nitrogens with one attached hydrogen (secondary N) is 5. The molecule has 0 spiro atoms. The standard InChI is InChI=1S/C25H36N8O12/c26-8-20(39)29-14(6-18(27)37)22(41)31-15(7-19(28)38)23(42)32-16(9-34)24(43)30-13(5-11-1-3-12(36)4-2-11)21(40)33-17(10-35)25(44)45/h1-4,13-17,34-36H,5-10,26H2,(H2,27,37)(H2,28,38)(H,29,39)(H,30,43)(H,31,41)(H,32,42)(H,33,40)(H,44,45)/t13-,14-,15-,16-,17-/m0/s1. The molecule has 7 amide bonds. The number of aliphatic hydroxyl groups excluding tert-OH is 2. The zero-order valence-corrected chi connectivity index (χ0v) is 23.7. The quantitative estimate of drug-likeness (QED) is 0.0669. The van der Waals surface area contributed by atoms with Crippen LogP contribution in [0.1, 0.15) is 18.4 Å². The Labute approximate surface area is 255 Å². The lowest BCUT2D eigenvalue weighted by Crippen LogP contribution is -2.60. The zero-order valence-electron chi connectivity index (χ0n) is 23.7. The predicted octanol–water partition coefficient (Wildman–Crippen LogP) is -6.86. The van der Waals surface area contributed by atoms with E-state index in [-0.39, 0.29) is 12.2 Å². The molecule has 0 aliphatic rings. The van der Waals surface area contributed by atoms with Crippen LogP contribution < -0.4 is 43.8 Å². The molecule has 0 aliphatic heterocycles. The Kier molecular flexibility index (Phi) is 15.4. The van der Waals surface area contributed by atoms with E-state index in [1.54, 1.807) is 0 Å². The van der Waals surface area contributed by atoms with Crippen molar-refractivity contribution in [1.29, 1.82) is 0 Å². The number of carboxylic acid groups (broad SMARTS) is 1. The Bertz CT molecular complexity index is 1260. The van der Waals surface area contributed by atoms with Crippen molar-refractivity contribution >= 4 is 47.3 Å². The van der Waals surface area contributed by atoms with E-state index in [4.69, 9.17) is 22.3 Å². The summed E-state index contributed by atoms with van der Waals surface area (Å²) in [6.45, 7) is -2.63. The number of hydrogen-bond acceptors (Lipinski definition) is 12. The second kappa shape index (κ2) is 18.4. The van der Waals surface area contributed by atoms with E-state index >= 15 is 0 Å². The summed E-state index contributed by atoms with van der Waals surface area (Å²) >= 11 is 0. The Morgan fingerprint density at radius 2 is 1.02 bits per heavy atom. The van der Waals surface area contributed by atoms with Gasteiger partial charge in [0.25, 0.3) is 0 Å². The van der Waals surface area contributed by atoms with Crippen LogP contribution in [0.4, 0.5) is 0 Å². The van der Waals surface area contributed by atoms with Gasteiger partial charge < -0.3 is 64.2 Å². The average molecular weight is 641 g/mol. The fourth-order valence-electron chi connectivity index (χ4n) is 3.62. The molecule has 1 aromatic carbocycles. The lowest BCUT2D eigenvalue weighted by Gasteiger charge is -2.25. The lowest BCUT2D eigenvalue weighted by atomic mass is 10.0. The number of phenols is 1. The third-order valence-electron chi connectivity index (χ3n) is 5.90. The van der Waals surface area contributed by atoms with Gasteiger partial charge in [-0.25, -0.2) is 4.79 Å². The molecule has 1 aromatic rings. The molecule has 0 heterocycles. The first-order chi connectivity index (χ1) is 21.1. The minimum Gasteiger partial charge on any atom is -0.508 e. The summed E-state index contributed by atoms with van der Waals surface area (Å²) in [6, 6.07) is -3.15. The molecule has 0 fully saturated rings. The molecule has 1 rings (SSSR count). The van der Waals surface area contributed by atoms with Gasteiger partial charge >= 0.3 is 5.97 Å². The summed E-state index contributed by atoms with van der Waals surface area (Å²) in [5, 5.41) is 48.3. The van der Waals surface area contributed by atoms with Gasteiger partial charge in [-0.05, 0) is 17.7 Å². The van der Waals surface area contributed by atoms with Crippen LogP contribution in [0.5, 0.6) is 5.75 Å². The molecule has 0 saturated heterocycles. The van der Waals surface area contributed by atoms with Crippen molar-refractivity contribution in [3.63, 3.8) is 0 Å². The molecular weight excluding hydrogens is 604 g/mol. The first kappa shape index (κ1) is 37.7. The lowest BCUT2D eigenvalue weighted by molar-refractivity contribution is -0.143. The van der Waals surface area contributed by atoms with Crippen molar-refractivity contribution < 1.29 is 58.8 Å². The summed E-state index contributed by atoms with van der Waals surface area (Å²) in [6.07, 6.45) is -1.83. The molecule has 0 radical (unpaired) electrons. The van der Waals surface area contributed by atoms with Gasteiger partial charge in [0.1, 0.15) is 36.0 Å². The fraction of sp³-hybridized carbons (Fsp3) is 0.440. The van der Waals surface area contributed by atoms with Crippen LogP contribution in [-0.4, -0.2) is 118 Å².